The average Bonchev–Trinajstić information content (AvgIpc) is 2.54. The molecule has 2 aliphatic carbocycles. The van der Waals surface area contributed by atoms with Crippen LogP contribution in [0.2, 0.25) is 0 Å². The van der Waals surface area contributed by atoms with Crippen LogP contribution >= 0.6 is 0 Å². The van der Waals surface area contributed by atoms with Crippen LogP contribution < -0.4 is 0 Å². The molecule has 2 fully saturated rings. The second-order valence-corrected chi connectivity index (χ2v) is 5.44. The summed E-state index contributed by atoms with van der Waals surface area (Å²) >= 11 is 0. The van der Waals surface area contributed by atoms with Gasteiger partial charge < -0.3 is 5.11 Å². The largest absolute Gasteiger partial charge is 0.481 e. The van der Waals surface area contributed by atoms with Crippen molar-refractivity contribution in [1.82, 2.24) is 0 Å². The van der Waals surface area contributed by atoms with Gasteiger partial charge in [0.15, 0.2) is 0 Å². The molecule has 2 saturated carbocycles. The highest BCUT2D eigenvalue weighted by Crippen LogP contribution is 2.66. The summed E-state index contributed by atoms with van der Waals surface area (Å²) in [5, 5.41) is 9.33. The second-order valence-electron chi connectivity index (χ2n) is 5.44. The van der Waals surface area contributed by atoms with Crippen LogP contribution in [0.4, 0.5) is 0 Å². The number of hydrogen-bond donors (Lipinski definition) is 1. The van der Waals surface area contributed by atoms with Gasteiger partial charge in [-0.05, 0) is 43.4 Å². The minimum atomic E-state index is -0.593. The third-order valence-electron chi connectivity index (χ3n) is 5.05. The third kappa shape index (κ3) is 0.818. The Kier molecular flexibility index (Phi) is 1.59. The Morgan fingerprint density at radius 3 is 2.08 bits per heavy atom. The monoisotopic (exact) mass is 182 g/mol. The predicted octanol–water partition coefficient (Wildman–Crippen LogP) is 2.53. The summed E-state index contributed by atoms with van der Waals surface area (Å²) in [4.78, 5) is 11.3. The van der Waals surface area contributed by atoms with Crippen LogP contribution in [0.15, 0.2) is 0 Å². The van der Waals surface area contributed by atoms with Crippen LogP contribution in [0.3, 0.4) is 0 Å². The molecule has 0 aromatic carbocycles. The Morgan fingerprint density at radius 1 is 1.23 bits per heavy atom. The Labute approximate surface area is 79.3 Å². The van der Waals surface area contributed by atoms with Gasteiger partial charge in [0, 0.05) is 0 Å². The number of aliphatic carboxylic acids is 1. The Morgan fingerprint density at radius 2 is 1.77 bits per heavy atom. The van der Waals surface area contributed by atoms with E-state index in [4.69, 9.17) is 0 Å². The van der Waals surface area contributed by atoms with Crippen molar-refractivity contribution in [1.29, 1.82) is 0 Å². The molecule has 2 bridgehead atoms. The molecule has 0 aliphatic heterocycles. The summed E-state index contributed by atoms with van der Waals surface area (Å²) in [7, 11) is 0. The maximum Gasteiger partial charge on any atom is 0.310 e. The highest BCUT2D eigenvalue weighted by atomic mass is 16.4. The van der Waals surface area contributed by atoms with Crippen LogP contribution in [0.5, 0.6) is 0 Å². The van der Waals surface area contributed by atoms with Gasteiger partial charge in [-0.2, -0.15) is 0 Å². The van der Waals surface area contributed by atoms with Crippen LogP contribution in [-0.2, 0) is 4.79 Å². The molecule has 0 unspecified atom stereocenters. The fourth-order valence-electron chi connectivity index (χ4n) is 3.56. The number of carboxylic acid groups (broad SMARTS) is 1. The first kappa shape index (κ1) is 9.04. The lowest BCUT2D eigenvalue weighted by molar-refractivity contribution is -0.160. The van der Waals surface area contributed by atoms with Gasteiger partial charge in [-0.15, -0.1) is 0 Å². The van der Waals surface area contributed by atoms with Crippen molar-refractivity contribution >= 4 is 5.97 Å². The van der Waals surface area contributed by atoms with E-state index < -0.39 is 11.4 Å². The number of carbonyl (C=O) groups is 1. The van der Waals surface area contributed by atoms with E-state index in [1.807, 2.05) is 6.92 Å². The molecule has 2 nitrogen and oxygen atoms in total. The van der Waals surface area contributed by atoms with E-state index in [0.717, 1.165) is 12.8 Å². The fourth-order valence-corrected chi connectivity index (χ4v) is 3.56. The molecule has 0 aromatic heterocycles. The zero-order chi connectivity index (χ0) is 9.85. The van der Waals surface area contributed by atoms with Gasteiger partial charge in [0.1, 0.15) is 0 Å². The van der Waals surface area contributed by atoms with E-state index in [1.54, 1.807) is 0 Å². The summed E-state index contributed by atoms with van der Waals surface area (Å²) in [5.41, 5.74) is -0.488. The van der Waals surface area contributed by atoms with E-state index in [2.05, 4.69) is 13.8 Å². The maximum atomic E-state index is 11.3. The first-order chi connectivity index (χ1) is 5.90. The molecular weight excluding hydrogens is 164 g/mol. The fraction of sp³-hybridized carbons (Fsp3) is 0.909. The van der Waals surface area contributed by atoms with Crippen LogP contribution in [0.25, 0.3) is 0 Å². The molecule has 0 amide bonds. The van der Waals surface area contributed by atoms with Crippen molar-refractivity contribution in [3.8, 4) is 0 Å². The second kappa shape index (κ2) is 2.28. The highest BCUT2D eigenvalue weighted by molar-refractivity contribution is 5.76. The van der Waals surface area contributed by atoms with Crippen LogP contribution in [0.1, 0.15) is 40.0 Å². The first-order valence-electron chi connectivity index (χ1n) is 5.14. The van der Waals surface area contributed by atoms with Gasteiger partial charge in [-0.25, -0.2) is 0 Å². The van der Waals surface area contributed by atoms with E-state index in [-0.39, 0.29) is 5.41 Å². The molecule has 0 heterocycles. The quantitative estimate of drug-likeness (QED) is 0.676. The smallest absolute Gasteiger partial charge is 0.310 e. The molecule has 0 saturated heterocycles. The average molecular weight is 182 g/mol. The van der Waals surface area contributed by atoms with Gasteiger partial charge in [0.05, 0.1) is 5.41 Å². The lowest BCUT2D eigenvalue weighted by Crippen LogP contribution is -2.46. The van der Waals surface area contributed by atoms with Gasteiger partial charge in [-0.3, -0.25) is 4.79 Å². The molecule has 1 N–H and O–H groups in total. The zero-order valence-electron chi connectivity index (χ0n) is 8.63. The van der Waals surface area contributed by atoms with Crippen molar-refractivity contribution in [2.75, 3.05) is 0 Å². The van der Waals surface area contributed by atoms with E-state index >= 15 is 0 Å². The number of hydrogen-bond acceptors (Lipinski definition) is 1. The van der Waals surface area contributed by atoms with Crippen LogP contribution in [0, 0.1) is 22.7 Å². The Hall–Kier alpha value is -0.530. The van der Waals surface area contributed by atoms with E-state index in [1.165, 1.54) is 6.42 Å². The van der Waals surface area contributed by atoms with Gasteiger partial charge in [0.2, 0.25) is 0 Å². The number of carboxylic acids is 1. The van der Waals surface area contributed by atoms with E-state index in [0.29, 0.717) is 11.8 Å². The minimum Gasteiger partial charge on any atom is -0.481 e. The molecule has 13 heavy (non-hydrogen) atoms. The van der Waals surface area contributed by atoms with Crippen molar-refractivity contribution in [3.05, 3.63) is 0 Å². The molecule has 3 atom stereocenters. The summed E-state index contributed by atoms with van der Waals surface area (Å²) in [5.74, 6) is 0.466. The molecule has 0 radical (unpaired) electrons. The molecule has 0 spiro atoms. The molecule has 2 aliphatic rings. The van der Waals surface area contributed by atoms with E-state index in [9.17, 15) is 9.90 Å². The lowest BCUT2D eigenvalue weighted by atomic mass is 9.59. The highest BCUT2D eigenvalue weighted by Gasteiger charge is 2.64. The summed E-state index contributed by atoms with van der Waals surface area (Å²) in [6, 6.07) is 0. The Balaban J connectivity index is 2.43. The summed E-state index contributed by atoms with van der Waals surface area (Å²) < 4.78 is 0. The number of rotatable bonds is 1. The maximum absolute atomic E-state index is 11.3. The normalized spacial score (nSPS) is 46.7. The molecular formula is C11H18O2. The molecule has 0 aromatic rings. The third-order valence-corrected chi connectivity index (χ3v) is 5.05. The molecule has 2 heteroatoms. The zero-order valence-corrected chi connectivity index (χ0v) is 8.63. The molecule has 2 rings (SSSR count). The summed E-state index contributed by atoms with van der Waals surface area (Å²) in [6.07, 6.45) is 3.49. The predicted molar refractivity (Wildman–Crippen MR) is 50.4 cm³/mol. The standard InChI is InChI=1S/C11H18O2/c1-10(2)7-4-5-8(6-7)11(10,3)9(12)13/h7-8H,4-6H2,1-3H3,(H,12,13)/t7-,8+,11+/m1/s1. The van der Waals surface area contributed by atoms with Crippen molar-refractivity contribution in [3.63, 3.8) is 0 Å². The first-order valence-corrected chi connectivity index (χ1v) is 5.14. The number of fused-ring (bicyclic) bond motifs is 2. The van der Waals surface area contributed by atoms with Crippen molar-refractivity contribution < 1.29 is 9.90 Å². The molecule has 74 valence electrons. The van der Waals surface area contributed by atoms with Crippen LogP contribution in [-0.4, -0.2) is 11.1 Å². The Bertz CT molecular complexity index is 257. The SMILES string of the molecule is CC1(C)[C@@H]2CC[C@@H](C2)[C@@]1(C)C(=O)O. The van der Waals surface area contributed by atoms with Gasteiger partial charge >= 0.3 is 5.97 Å². The van der Waals surface area contributed by atoms with Gasteiger partial charge in [-0.1, -0.05) is 13.8 Å². The summed E-state index contributed by atoms with van der Waals surface area (Å²) in [6.45, 7) is 6.20. The van der Waals surface area contributed by atoms with Crippen molar-refractivity contribution in [2.45, 2.75) is 40.0 Å². The lowest BCUT2D eigenvalue weighted by Gasteiger charge is -2.44. The van der Waals surface area contributed by atoms with Crippen molar-refractivity contribution in [2.24, 2.45) is 22.7 Å². The topological polar surface area (TPSA) is 37.3 Å². The minimum absolute atomic E-state index is 0.0122. The van der Waals surface area contributed by atoms with Gasteiger partial charge in [0.25, 0.3) is 0 Å².